The highest BCUT2D eigenvalue weighted by molar-refractivity contribution is 5.57. The third-order valence-corrected chi connectivity index (χ3v) is 3.80. The van der Waals surface area contributed by atoms with E-state index < -0.39 is 0 Å². The van der Waals surface area contributed by atoms with Crippen molar-refractivity contribution < 1.29 is 4.74 Å². The van der Waals surface area contributed by atoms with E-state index in [0.29, 0.717) is 5.88 Å². The first kappa shape index (κ1) is 16.4. The molecule has 0 amide bonds. The average molecular weight is 299 g/mol. The van der Waals surface area contributed by atoms with Crippen LogP contribution in [0.4, 0.5) is 0 Å². The summed E-state index contributed by atoms with van der Waals surface area (Å²) in [4.78, 5) is 14.0. The number of methoxy groups -OCH3 is 1. The molecule has 0 aliphatic rings. The van der Waals surface area contributed by atoms with E-state index in [1.54, 1.807) is 7.11 Å². The molecule has 0 saturated carbocycles. The highest BCUT2D eigenvalue weighted by atomic mass is 16.5. The van der Waals surface area contributed by atoms with E-state index in [0.717, 1.165) is 59.7 Å². The number of aryl methyl sites for hydroxylation is 3. The first-order chi connectivity index (χ1) is 10.6. The van der Waals surface area contributed by atoms with E-state index in [2.05, 4.69) is 42.9 Å². The van der Waals surface area contributed by atoms with Crippen molar-refractivity contribution in [2.75, 3.05) is 7.11 Å². The van der Waals surface area contributed by atoms with E-state index in [1.807, 2.05) is 6.92 Å². The summed E-state index contributed by atoms with van der Waals surface area (Å²) in [5.74, 6) is 1.40. The summed E-state index contributed by atoms with van der Waals surface area (Å²) < 4.78 is 5.44. The molecule has 0 bridgehead atoms. The largest absolute Gasteiger partial charge is 0.481 e. The molecule has 0 fully saturated rings. The van der Waals surface area contributed by atoms with Crippen molar-refractivity contribution in [3.8, 4) is 17.3 Å². The summed E-state index contributed by atoms with van der Waals surface area (Å²) in [7, 11) is 1.66. The third-order valence-electron chi connectivity index (χ3n) is 3.80. The normalized spacial score (nSPS) is 10.8. The molecule has 118 valence electrons. The fraction of sp³-hybridized carbons (Fsp3) is 0.500. The minimum atomic E-state index is 0.668. The predicted octanol–water partition coefficient (Wildman–Crippen LogP) is 3.93. The van der Waals surface area contributed by atoms with Gasteiger partial charge in [-0.05, 0) is 38.3 Å². The summed E-state index contributed by atoms with van der Waals surface area (Å²) in [5, 5.41) is 0. The van der Waals surface area contributed by atoms with E-state index >= 15 is 0 Å². The Morgan fingerprint density at radius 2 is 1.59 bits per heavy atom. The second-order valence-electron chi connectivity index (χ2n) is 5.42. The second kappa shape index (κ2) is 7.34. The molecule has 2 heterocycles. The molecule has 2 rings (SSSR count). The standard InChI is InChI=1S/C18H25N3O/c1-6-9-16-12(4)18(22-5)21-17(20-16)13-10-14(7-2)19-15(8-3)11-13/h10-11H,6-9H2,1-5H3. The van der Waals surface area contributed by atoms with Crippen molar-refractivity contribution in [2.45, 2.75) is 53.4 Å². The molecule has 4 nitrogen and oxygen atoms in total. The van der Waals surface area contributed by atoms with Gasteiger partial charge in [-0.3, -0.25) is 4.98 Å². The highest BCUT2D eigenvalue weighted by Crippen LogP contribution is 2.25. The number of hydrogen-bond donors (Lipinski definition) is 0. The molecule has 0 aromatic carbocycles. The lowest BCUT2D eigenvalue weighted by Gasteiger charge is -2.12. The van der Waals surface area contributed by atoms with Gasteiger partial charge in [0.15, 0.2) is 5.82 Å². The number of ether oxygens (including phenoxy) is 1. The van der Waals surface area contributed by atoms with Crippen LogP contribution in [0.25, 0.3) is 11.4 Å². The van der Waals surface area contributed by atoms with Gasteiger partial charge in [-0.2, -0.15) is 4.98 Å². The van der Waals surface area contributed by atoms with Crippen molar-refractivity contribution in [1.82, 2.24) is 15.0 Å². The van der Waals surface area contributed by atoms with Gasteiger partial charge in [0.05, 0.1) is 12.8 Å². The Kier molecular flexibility index (Phi) is 5.47. The zero-order valence-electron chi connectivity index (χ0n) is 14.2. The van der Waals surface area contributed by atoms with Crippen molar-refractivity contribution in [2.24, 2.45) is 0 Å². The zero-order chi connectivity index (χ0) is 16.1. The van der Waals surface area contributed by atoms with Crippen LogP contribution in [0.1, 0.15) is 49.8 Å². The maximum absolute atomic E-state index is 5.44. The lowest BCUT2D eigenvalue weighted by atomic mass is 10.1. The van der Waals surface area contributed by atoms with Crippen LogP contribution < -0.4 is 4.74 Å². The van der Waals surface area contributed by atoms with E-state index in [-0.39, 0.29) is 0 Å². The Hall–Kier alpha value is -1.97. The summed E-state index contributed by atoms with van der Waals surface area (Å²) in [6.07, 6.45) is 3.80. The van der Waals surface area contributed by atoms with Crippen LogP contribution in [-0.4, -0.2) is 22.1 Å². The number of hydrogen-bond acceptors (Lipinski definition) is 4. The highest BCUT2D eigenvalue weighted by Gasteiger charge is 2.13. The second-order valence-corrected chi connectivity index (χ2v) is 5.42. The average Bonchev–Trinajstić information content (AvgIpc) is 2.56. The molecule has 0 atom stereocenters. The van der Waals surface area contributed by atoms with Crippen LogP contribution in [0.15, 0.2) is 12.1 Å². The minimum absolute atomic E-state index is 0.668. The topological polar surface area (TPSA) is 47.9 Å². The fourth-order valence-corrected chi connectivity index (χ4v) is 2.49. The van der Waals surface area contributed by atoms with Gasteiger partial charge < -0.3 is 4.74 Å². The zero-order valence-corrected chi connectivity index (χ0v) is 14.2. The van der Waals surface area contributed by atoms with Crippen molar-refractivity contribution in [1.29, 1.82) is 0 Å². The minimum Gasteiger partial charge on any atom is -0.481 e. The first-order valence-electron chi connectivity index (χ1n) is 8.04. The van der Waals surface area contributed by atoms with E-state index in [1.165, 1.54) is 0 Å². The lowest BCUT2D eigenvalue weighted by molar-refractivity contribution is 0.393. The molecule has 0 aliphatic carbocycles. The van der Waals surface area contributed by atoms with Gasteiger partial charge in [0.2, 0.25) is 5.88 Å². The summed E-state index contributed by atoms with van der Waals surface area (Å²) >= 11 is 0. The van der Waals surface area contributed by atoms with Crippen LogP contribution >= 0.6 is 0 Å². The summed E-state index contributed by atoms with van der Waals surface area (Å²) in [6.45, 7) is 8.41. The Labute approximate surface area is 133 Å². The first-order valence-corrected chi connectivity index (χ1v) is 8.04. The van der Waals surface area contributed by atoms with Gasteiger partial charge in [-0.1, -0.05) is 27.2 Å². The van der Waals surface area contributed by atoms with Crippen LogP contribution in [0.3, 0.4) is 0 Å². The van der Waals surface area contributed by atoms with Crippen LogP contribution in [0.2, 0.25) is 0 Å². The Balaban J connectivity index is 2.58. The monoisotopic (exact) mass is 299 g/mol. The van der Waals surface area contributed by atoms with Gasteiger partial charge in [-0.25, -0.2) is 4.98 Å². The summed E-state index contributed by atoms with van der Waals surface area (Å²) in [6, 6.07) is 4.16. The van der Waals surface area contributed by atoms with Crippen molar-refractivity contribution in [3.05, 3.63) is 34.8 Å². The molecule has 0 unspecified atom stereocenters. The van der Waals surface area contributed by atoms with Crippen LogP contribution in [0.5, 0.6) is 5.88 Å². The molecule has 4 heteroatoms. The molecular weight excluding hydrogens is 274 g/mol. The van der Waals surface area contributed by atoms with Gasteiger partial charge >= 0.3 is 0 Å². The number of aromatic nitrogens is 3. The molecule has 0 spiro atoms. The molecular formula is C18H25N3O. The SMILES string of the molecule is CCCc1nc(-c2cc(CC)nc(CC)c2)nc(OC)c1C. The number of nitrogens with zero attached hydrogens (tertiary/aromatic N) is 3. The fourth-order valence-electron chi connectivity index (χ4n) is 2.49. The van der Waals surface area contributed by atoms with Crippen LogP contribution in [-0.2, 0) is 19.3 Å². The lowest BCUT2D eigenvalue weighted by Crippen LogP contribution is -2.04. The van der Waals surface area contributed by atoms with Crippen LogP contribution in [0, 0.1) is 6.92 Å². The van der Waals surface area contributed by atoms with Crippen molar-refractivity contribution >= 4 is 0 Å². The van der Waals surface area contributed by atoms with E-state index in [9.17, 15) is 0 Å². The van der Waals surface area contributed by atoms with Gasteiger partial charge in [0.25, 0.3) is 0 Å². The van der Waals surface area contributed by atoms with Gasteiger partial charge in [0, 0.05) is 22.5 Å². The Morgan fingerprint density at radius 1 is 0.955 bits per heavy atom. The van der Waals surface area contributed by atoms with Gasteiger partial charge in [-0.15, -0.1) is 0 Å². The Bertz CT molecular complexity index is 631. The van der Waals surface area contributed by atoms with E-state index in [4.69, 9.17) is 9.72 Å². The molecule has 2 aromatic heterocycles. The molecule has 0 radical (unpaired) electrons. The maximum Gasteiger partial charge on any atom is 0.219 e. The molecule has 0 saturated heterocycles. The quantitative estimate of drug-likeness (QED) is 0.810. The third kappa shape index (κ3) is 3.43. The predicted molar refractivity (Wildman–Crippen MR) is 89.3 cm³/mol. The molecule has 2 aromatic rings. The Morgan fingerprint density at radius 3 is 2.09 bits per heavy atom. The number of rotatable bonds is 6. The molecule has 0 N–H and O–H groups in total. The molecule has 0 aliphatic heterocycles. The smallest absolute Gasteiger partial charge is 0.219 e. The van der Waals surface area contributed by atoms with Gasteiger partial charge in [0.1, 0.15) is 0 Å². The maximum atomic E-state index is 5.44. The number of pyridine rings is 1. The summed E-state index contributed by atoms with van der Waals surface area (Å²) in [5.41, 5.74) is 5.29. The molecule has 22 heavy (non-hydrogen) atoms. The van der Waals surface area contributed by atoms with Crippen molar-refractivity contribution in [3.63, 3.8) is 0 Å².